The first kappa shape index (κ1) is 14.1. The van der Waals surface area contributed by atoms with E-state index in [0.29, 0.717) is 15.5 Å². The largest absolute Gasteiger partial charge is 0.385 e. The van der Waals surface area contributed by atoms with Crippen LogP contribution in [0.5, 0.6) is 0 Å². The lowest BCUT2D eigenvalue weighted by Gasteiger charge is -2.14. The quantitative estimate of drug-likeness (QED) is 0.703. The van der Waals surface area contributed by atoms with Gasteiger partial charge in [0, 0.05) is 9.86 Å². The van der Waals surface area contributed by atoms with Gasteiger partial charge in [-0.15, -0.1) is 0 Å². The Morgan fingerprint density at radius 3 is 2.62 bits per heavy atom. The molecule has 0 bridgehead atoms. The number of nitrogen functional groups attached to an aromatic ring is 1. The monoisotopic (exact) mass is 366 g/mol. The molecular formula is C15H9BrClFN2O. The van der Waals surface area contributed by atoms with Crippen molar-refractivity contribution >= 4 is 44.1 Å². The highest BCUT2D eigenvalue weighted by atomic mass is 79.9. The lowest BCUT2D eigenvalue weighted by atomic mass is 10.1. The van der Waals surface area contributed by atoms with E-state index < -0.39 is 5.82 Å². The fourth-order valence-electron chi connectivity index (χ4n) is 2.26. The van der Waals surface area contributed by atoms with Crippen molar-refractivity contribution in [2.24, 2.45) is 0 Å². The minimum Gasteiger partial charge on any atom is -0.385 e. The molecule has 3 aromatic rings. The topological polar surface area (TPSA) is 48.0 Å². The molecule has 0 saturated carbocycles. The molecular weight excluding hydrogens is 359 g/mol. The summed E-state index contributed by atoms with van der Waals surface area (Å²) >= 11 is 9.31. The summed E-state index contributed by atoms with van der Waals surface area (Å²) in [4.78, 5) is 12.6. The molecule has 0 radical (unpaired) electrons. The average molecular weight is 368 g/mol. The average Bonchev–Trinajstić information content (AvgIpc) is 2.41. The SMILES string of the molecule is Nc1cc2ccccc2c(=O)n1-c1c(Cl)cc(F)cc1Br. The lowest BCUT2D eigenvalue weighted by molar-refractivity contribution is 0.626. The van der Waals surface area contributed by atoms with Gasteiger partial charge in [0.1, 0.15) is 11.6 Å². The summed E-state index contributed by atoms with van der Waals surface area (Å²) in [5.41, 5.74) is 6.00. The first-order chi connectivity index (χ1) is 9.99. The van der Waals surface area contributed by atoms with Gasteiger partial charge in [0.15, 0.2) is 0 Å². The van der Waals surface area contributed by atoms with Crippen LogP contribution < -0.4 is 11.3 Å². The molecule has 1 aromatic heterocycles. The molecule has 106 valence electrons. The van der Waals surface area contributed by atoms with Crippen molar-refractivity contribution in [3.8, 4) is 5.69 Å². The molecule has 0 atom stereocenters. The van der Waals surface area contributed by atoms with Crippen LogP contribution in [0.15, 0.2) is 51.7 Å². The van der Waals surface area contributed by atoms with E-state index in [2.05, 4.69) is 15.9 Å². The molecule has 0 saturated heterocycles. The molecule has 1 heterocycles. The number of rotatable bonds is 1. The van der Waals surface area contributed by atoms with Crippen LogP contribution in [-0.4, -0.2) is 4.57 Å². The number of pyridine rings is 1. The van der Waals surface area contributed by atoms with Crippen LogP contribution >= 0.6 is 27.5 Å². The molecule has 3 rings (SSSR count). The lowest BCUT2D eigenvalue weighted by Crippen LogP contribution is -2.22. The van der Waals surface area contributed by atoms with E-state index in [9.17, 15) is 9.18 Å². The summed E-state index contributed by atoms with van der Waals surface area (Å²) in [6.45, 7) is 0. The molecule has 0 amide bonds. The number of hydrogen-bond donors (Lipinski definition) is 1. The Labute approximate surface area is 132 Å². The second-order valence-corrected chi connectivity index (χ2v) is 5.78. The smallest absolute Gasteiger partial charge is 0.264 e. The van der Waals surface area contributed by atoms with Gasteiger partial charge in [-0.3, -0.25) is 9.36 Å². The summed E-state index contributed by atoms with van der Waals surface area (Å²) in [5.74, 6) is -0.268. The fourth-order valence-corrected chi connectivity index (χ4v) is 3.27. The predicted octanol–water partition coefficient (Wildman–Crippen LogP) is 4.13. The minimum absolute atomic E-state index is 0.103. The molecule has 0 aliphatic rings. The van der Waals surface area contributed by atoms with E-state index in [4.69, 9.17) is 17.3 Å². The third-order valence-electron chi connectivity index (χ3n) is 3.16. The zero-order chi connectivity index (χ0) is 15.1. The Balaban J connectivity index is 2.44. The van der Waals surface area contributed by atoms with E-state index in [0.717, 1.165) is 11.5 Å². The third-order valence-corrected chi connectivity index (χ3v) is 4.05. The van der Waals surface area contributed by atoms with Crippen LogP contribution in [0.2, 0.25) is 5.02 Å². The van der Waals surface area contributed by atoms with Gasteiger partial charge >= 0.3 is 0 Å². The van der Waals surface area contributed by atoms with E-state index in [-0.39, 0.29) is 16.4 Å². The molecule has 21 heavy (non-hydrogen) atoms. The summed E-state index contributed by atoms with van der Waals surface area (Å²) in [5, 5.41) is 1.36. The van der Waals surface area contributed by atoms with Crippen molar-refractivity contribution in [2.45, 2.75) is 0 Å². The van der Waals surface area contributed by atoms with Gasteiger partial charge in [-0.2, -0.15) is 0 Å². The number of hydrogen-bond acceptors (Lipinski definition) is 2. The van der Waals surface area contributed by atoms with Crippen LogP contribution in [-0.2, 0) is 0 Å². The van der Waals surface area contributed by atoms with Crippen molar-refractivity contribution in [2.75, 3.05) is 5.73 Å². The molecule has 0 aliphatic carbocycles. The first-order valence-corrected chi connectivity index (χ1v) is 7.21. The normalized spacial score (nSPS) is 11.0. The maximum absolute atomic E-state index is 13.3. The molecule has 6 heteroatoms. The second-order valence-electron chi connectivity index (χ2n) is 4.52. The number of fused-ring (bicyclic) bond motifs is 1. The molecule has 0 spiro atoms. The van der Waals surface area contributed by atoms with Gasteiger partial charge < -0.3 is 5.73 Å². The Kier molecular flexibility index (Phi) is 3.47. The van der Waals surface area contributed by atoms with Gasteiger partial charge in [0.2, 0.25) is 0 Å². The number of benzene rings is 2. The number of nitrogens with zero attached hydrogens (tertiary/aromatic N) is 1. The molecule has 2 aromatic carbocycles. The maximum Gasteiger partial charge on any atom is 0.264 e. The highest BCUT2D eigenvalue weighted by Crippen LogP contribution is 2.31. The van der Waals surface area contributed by atoms with Gasteiger partial charge in [-0.25, -0.2) is 4.39 Å². The summed E-state index contributed by atoms with van der Waals surface area (Å²) < 4.78 is 15.0. The number of aromatic nitrogens is 1. The molecule has 0 unspecified atom stereocenters. The first-order valence-electron chi connectivity index (χ1n) is 6.04. The molecule has 0 fully saturated rings. The van der Waals surface area contributed by atoms with Crippen molar-refractivity contribution in [3.05, 3.63) is 68.1 Å². The van der Waals surface area contributed by atoms with Crippen LogP contribution in [0.1, 0.15) is 0 Å². The van der Waals surface area contributed by atoms with Gasteiger partial charge in [0.05, 0.1) is 10.7 Å². The van der Waals surface area contributed by atoms with Crippen molar-refractivity contribution in [3.63, 3.8) is 0 Å². The summed E-state index contributed by atoms with van der Waals surface area (Å²) in [7, 11) is 0. The van der Waals surface area contributed by atoms with Gasteiger partial charge in [-0.05, 0) is 45.6 Å². The van der Waals surface area contributed by atoms with Crippen molar-refractivity contribution in [1.29, 1.82) is 0 Å². The van der Waals surface area contributed by atoms with E-state index in [1.165, 1.54) is 10.6 Å². The number of anilines is 1. The molecule has 2 N–H and O–H groups in total. The number of halogens is 3. The van der Waals surface area contributed by atoms with Crippen LogP contribution in [0.25, 0.3) is 16.5 Å². The number of nitrogens with two attached hydrogens (primary N) is 1. The van der Waals surface area contributed by atoms with Crippen LogP contribution in [0.4, 0.5) is 10.2 Å². The molecule has 0 aliphatic heterocycles. The molecule has 3 nitrogen and oxygen atoms in total. The third kappa shape index (κ3) is 2.32. The zero-order valence-corrected chi connectivity index (χ0v) is 13.0. The maximum atomic E-state index is 13.3. The van der Waals surface area contributed by atoms with Crippen LogP contribution in [0.3, 0.4) is 0 Å². The summed E-state index contributed by atoms with van der Waals surface area (Å²) in [6.07, 6.45) is 0. The van der Waals surface area contributed by atoms with Crippen molar-refractivity contribution < 1.29 is 4.39 Å². The van der Waals surface area contributed by atoms with E-state index in [1.807, 2.05) is 6.07 Å². The Hall–Kier alpha value is -1.85. The highest BCUT2D eigenvalue weighted by molar-refractivity contribution is 9.10. The highest BCUT2D eigenvalue weighted by Gasteiger charge is 2.15. The summed E-state index contributed by atoms with van der Waals surface area (Å²) in [6, 6.07) is 11.2. The fraction of sp³-hybridized carbons (Fsp3) is 0. The standard InChI is InChI=1S/C15H9BrClFN2O/c16-11-6-9(18)7-12(17)14(11)20-13(19)5-8-3-1-2-4-10(8)15(20)21/h1-7H,19H2. The van der Waals surface area contributed by atoms with E-state index >= 15 is 0 Å². The zero-order valence-electron chi connectivity index (χ0n) is 10.6. The minimum atomic E-state index is -0.497. The van der Waals surface area contributed by atoms with Gasteiger partial charge in [0.25, 0.3) is 5.56 Å². The Morgan fingerprint density at radius 1 is 1.19 bits per heavy atom. The Morgan fingerprint density at radius 2 is 1.90 bits per heavy atom. The van der Waals surface area contributed by atoms with Gasteiger partial charge in [-0.1, -0.05) is 29.8 Å². The van der Waals surface area contributed by atoms with Crippen LogP contribution in [0, 0.1) is 5.82 Å². The predicted molar refractivity (Wildman–Crippen MR) is 86.6 cm³/mol. The van der Waals surface area contributed by atoms with E-state index in [1.54, 1.807) is 24.3 Å². The second kappa shape index (κ2) is 5.16. The Bertz CT molecular complexity index is 900. The van der Waals surface area contributed by atoms with Crippen molar-refractivity contribution in [1.82, 2.24) is 4.57 Å².